The molecule has 0 unspecified atom stereocenters. The summed E-state index contributed by atoms with van der Waals surface area (Å²) in [5, 5.41) is 6.67. The minimum atomic E-state index is -1.81. The normalized spacial score (nSPS) is 12.6. The Balaban J connectivity index is 2.19. The molecule has 2 aromatic rings. The summed E-state index contributed by atoms with van der Waals surface area (Å²) in [6, 6.07) is 11.2. The van der Waals surface area contributed by atoms with Crippen LogP contribution < -0.4 is 10.6 Å². The highest BCUT2D eigenvalue weighted by molar-refractivity contribution is 6.68. The summed E-state index contributed by atoms with van der Waals surface area (Å²) in [4.78, 5) is 12.4. The number of carbonyl (C=O) groups is 1. The van der Waals surface area contributed by atoms with Gasteiger partial charge in [-0.2, -0.15) is 0 Å². The Kier molecular flexibility index (Phi) is 6.77. The predicted octanol–water partition coefficient (Wildman–Crippen LogP) is 6.19. The van der Waals surface area contributed by atoms with E-state index < -0.39 is 15.9 Å². The number of alkyl halides is 3. The molecular weight excluding hydrogens is 437 g/mol. The van der Waals surface area contributed by atoms with Gasteiger partial charge in [0.05, 0.1) is 10.6 Å². The van der Waals surface area contributed by atoms with E-state index >= 15 is 0 Å². The SMILES string of the molecule is O=C(N[C@H](Nc1ccc(Cl)cc1)C(Cl)(Cl)Cl)c1ccc(Cl)cc1Cl. The molecule has 2 N–H and O–H groups in total. The van der Waals surface area contributed by atoms with Gasteiger partial charge < -0.3 is 10.6 Å². The highest BCUT2D eigenvalue weighted by atomic mass is 35.6. The molecule has 1 amide bonds. The van der Waals surface area contributed by atoms with Gasteiger partial charge in [-0.1, -0.05) is 69.6 Å². The van der Waals surface area contributed by atoms with Gasteiger partial charge in [0.15, 0.2) is 0 Å². The molecule has 2 aromatic carbocycles. The van der Waals surface area contributed by atoms with Crippen LogP contribution in [0.25, 0.3) is 0 Å². The lowest BCUT2D eigenvalue weighted by Crippen LogP contribution is -2.49. The first kappa shape index (κ1) is 19.8. The van der Waals surface area contributed by atoms with E-state index in [0.29, 0.717) is 15.7 Å². The fourth-order valence-corrected chi connectivity index (χ4v) is 2.74. The standard InChI is InChI=1S/C15H10Cl6N2O/c16-8-1-4-10(5-2-8)22-14(15(19,20)21)23-13(24)11-6-3-9(17)7-12(11)18/h1-7,14,22H,(H,23,24)/t14-/m0/s1. The van der Waals surface area contributed by atoms with Gasteiger partial charge in [0.1, 0.15) is 6.17 Å². The van der Waals surface area contributed by atoms with Gasteiger partial charge in [-0.15, -0.1) is 0 Å². The third-order valence-corrected chi connectivity index (χ3v) is 4.39. The zero-order valence-electron chi connectivity index (χ0n) is 11.8. The molecule has 24 heavy (non-hydrogen) atoms. The first-order valence-corrected chi connectivity index (χ1v) is 8.78. The van der Waals surface area contributed by atoms with E-state index in [0.717, 1.165) is 0 Å². The molecule has 0 radical (unpaired) electrons. The molecule has 0 saturated heterocycles. The molecule has 0 bridgehead atoms. The van der Waals surface area contributed by atoms with Gasteiger partial charge in [-0.25, -0.2) is 0 Å². The average molecular weight is 447 g/mol. The number of amides is 1. The first-order valence-electron chi connectivity index (χ1n) is 6.51. The van der Waals surface area contributed by atoms with Gasteiger partial charge in [-0.05, 0) is 42.5 Å². The number of halogens is 6. The summed E-state index contributed by atoms with van der Waals surface area (Å²) in [5.74, 6) is -0.519. The first-order chi connectivity index (χ1) is 11.2. The number of carbonyl (C=O) groups excluding carboxylic acids is 1. The van der Waals surface area contributed by atoms with Crippen LogP contribution in [0.4, 0.5) is 5.69 Å². The fourth-order valence-electron chi connectivity index (χ4n) is 1.79. The summed E-state index contributed by atoms with van der Waals surface area (Å²) in [5.41, 5.74) is 0.816. The minimum absolute atomic E-state index is 0.189. The van der Waals surface area contributed by atoms with Gasteiger partial charge >= 0.3 is 0 Å². The highest BCUT2D eigenvalue weighted by Gasteiger charge is 2.34. The van der Waals surface area contributed by atoms with Gasteiger partial charge in [0, 0.05) is 15.7 Å². The highest BCUT2D eigenvalue weighted by Crippen LogP contribution is 2.32. The Hall–Kier alpha value is -0.550. The molecule has 0 saturated carbocycles. The molecule has 0 heterocycles. The second-order valence-electron chi connectivity index (χ2n) is 4.72. The molecule has 0 aliphatic carbocycles. The lowest BCUT2D eigenvalue weighted by atomic mass is 10.2. The average Bonchev–Trinajstić information content (AvgIpc) is 2.47. The summed E-state index contributed by atoms with van der Waals surface area (Å²) in [6.45, 7) is 0. The Morgan fingerprint density at radius 1 is 0.917 bits per heavy atom. The number of benzene rings is 2. The topological polar surface area (TPSA) is 41.1 Å². The molecule has 0 aliphatic rings. The number of hydrogen-bond acceptors (Lipinski definition) is 2. The van der Waals surface area contributed by atoms with Crippen LogP contribution in [0.15, 0.2) is 42.5 Å². The number of nitrogens with one attached hydrogen (secondary N) is 2. The van der Waals surface area contributed by atoms with Crippen LogP contribution in [0, 0.1) is 0 Å². The summed E-state index contributed by atoms with van der Waals surface area (Å²) in [6.07, 6.45) is -1.01. The smallest absolute Gasteiger partial charge is 0.254 e. The van der Waals surface area contributed by atoms with E-state index in [-0.39, 0.29) is 10.6 Å². The molecule has 0 aromatic heterocycles. The van der Waals surface area contributed by atoms with Crippen molar-refractivity contribution < 1.29 is 4.79 Å². The van der Waals surface area contributed by atoms with Crippen LogP contribution >= 0.6 is 69.6 Å². The van der Waals surface area contributed by atoms with E-state index in [9.17, 15) is 4.79 Å². The van der Waals surface area contributed by atoms with Crippen LogP contribution in [-0.4, -0.2) is 15.9 Å². The minimum Gasteiger partial charge on any atom is -0.362 e. The molecule has 9 heteroatoms. The van der Waals surface area contributed by atoms with Crippen molar-refractivity contribution in [3.05, 3.63) is 63.1 Å². The van der Waals surface area contributed by atoms with E-state index in [1.807, 2.05) is 0 Å². The van der Waals surface area contributed by atoms with Crippen LogP contribution in [0.1, 0.15) is 10.4 Å². The van der Waals surface area contributed by atoms with Crippen LogP contribution in [0.3, 0.4) is 0 Å². The maximum atomic E-state index is 12.4. The summed E-state index contributed by atoms with van der Waals surface area (Å²) in [7, 11) is 0. The fraction of sp³-hybridized carbons (Fsp3) is 0.133. The summed E-state index contributed by atoms with van der Waals surface area (Å²) < 4.78 is -1.81. The lowest BCUT2D eigenvalue weighted by molar-refractivity contribution is 0.0942. The van der Waals surface area contributed by atoms with Crippen LogP contribution in [0.2, 0.25) is 15.1 Å². The maximum absolute atomic E-state index is 12.4. The number of hydrogen-bond donors (Lipinski definition) is 2. The molecule has 1 atom stereocenters. The molecule has 2 rings (SSSR count). The van der Waals surface area contributed by atoms with E-state index in [1.165, 1.54) is 12.1 Å². The van der Waals surface area contributed by atoms with E-state index in [1.54, 1.807) is 30.3 Å². The molecule has 0 fully saturated rings. The second kappa shape index (κ2) is 8.22. The third-order valence-electron chi connectivity index (χ3n) is 2.93. The predicted molar refractivity (Wildman–Crippen MR) is 103 cm³/mol. The Bertz CT molecular complexity index is 730. The number of rotatable bonds is 4. The van der Waals surface area contributed by atoms with Gasteiger partial charge in [0.25, 0.3) is 5.91 Å². The third kappa shape index (κ3) is 5.48. The van der Waals surface area contributed by atoms with Crippen molar-refractivity contribution in [2.24, 2.45) is 0 Å². The van der Waals surface area contributed by atoms with Crippen molar-refractivity contribution >= 4 is 81.2 Å². The molecule has 128 valence electrons. The van der Waals surface area contributed by atoms with Crippen molar-refractivity contribution in [2.75, 3.05) is 5.32 Å². The zero-order valence-corrected chi connectivity index (χ0v) is 16.3. The maximum Gasteiger partial charge on any atom is 0.254 e. The zero-order chi connectivity index (χ0) is 17.9. The lowest BCUT2D eigenvalue weighted by Gasteiger charge is -2.27. The van der Waals surface area contributed by atoms with Gasteiger partial charge in [0.2, 0.25) is 3.79 Å². The molecular formula is C15H10Cl6N2O. The van der Waals surface area contributed by atoms with Crippen molar-refractivity contribution in [2.45, 2.75) is 9.96 Å². The Labute approximate surface area is 169 Å². The second-order valence-corrected chi connectivity index (χ2v) is 8.37. The van der Waals surface area contributed by atoms with Crippen molar-refractivity contribution in [3.8, 4) is 0 Å². The van der Waals surface area contributed by atoms with E-state index in [4.69, 9.17) is 69.6 Å². The summed E-state index contributed by atoms with van der Waals surface area (Å²) >= 11 is 35.5. The monoisotopic (exact) mass is 444 g/mol. The molecule has 0 spiro atoms. The van der Waals surface area contributed by atoms with Gasteiger partial charge in [-0.3, -0.25) is 4.79 Å². The van der Waals surface area contributed by atoms with Crippen molar-refractivity contribution in [3.63, 3.8) is 0 Å². The van der Waals surface area contributed by atoms with Crippen LogP contribution in [0.5, 0.6) is 0 Å². The largest absolute Gasteiger partial charge is 0.362 e. The van der Waals surface area contributed by atoms with Crippen LogP contribution in [-0.2, 0) is 0 Å². The molecule has 0 aliphatic heterocycles. The van der Waals surface area contributed by atoms with Crippen molar-refractivity contribution in [1.29, 1.82) is 0 Å². The van der Waals surface area contributed by atoms with E-state index in [2.05, 4.69) is 10.6 Å². The quantitative estimate of drug-likeness (QED) is 0.434. The number of anilines is 1. The molecule has 3 nitrogen and oxygen atoms in total. The Morgan fingerprint density at radius 2 is 1.50 bits per heavy atom. The Morgan fingerprint density at radius 3 is 2.04 bits per heavy atom. The van der Waals surface area contributed by atoms with Crippen molar-refractivity contribution in [1.82, 2.24) is 5.32 Å².